The number of aryl methyl sites for hydroxylation is 1. The fourth-order valence-electron chi connectivity index (χ4n) is 1.63. The number of nitrogens with two attached hydrogens (primary N) is 1. The molecule has 1 heterocycles. The SMILES string of the molecule is Cc1ccsc1CC(N)c1ccccc1. The van der Waals surface area contributed by atoms with Crippen LogP contribution in [0.5, 0.6) is 0 Å². The van der Waals surface area contributed by atoms with Gasteiger partial charge in [-0.3, -0.25) is 0 Å². The van der Waals surface area contributed by atoms with Gasteiger partial charge in [0.15, 0.2) is 0 Å². The van der Waals surface area contributed by atoms with Crippen LogP contribution in [0.15, 0.2) is 41.8 Å². The third-order valence-electron chi connectivity index (χ3n) is 2.60. The summed E-state index contributed by atoms with van der Waals surface area (Å²) in [5, 5.41) is 2.13. The molecule has 2 rings (SSSR count). The molecule has 0 radical (unpaired) electrons. The van der Waals surface area contributed by atoms with E-state index in [1.807, 2.05) is 18.2 Å². The summed E-state index contributed by atoms with van der Waals surface area (Å²) in [5.74, 6) is 0. The van der Waals surface area contributed by atoms with Gasteiger partial charge in [0.25, 0.3) is 0 Å². The maximum atomic E-state index is 6.16. The Labute approximate surface area is 94.6 Å². The van der Waals surface area contributed by atoms with Gasteiger partial charge in [-0.1, -0.05) is 30.3 Å². The maximum Gasteiger partial charge on any atom is 0.0343 e. The van der Waals surface area contributed by atoms with Crippen LogP contribution in [0, 0.1) is 6.92 Å². The van der Waals surface area contributed by atoms with Crippen molar-refractivity contribution in [2.45, 2.75) is 19.4 Å². The van der Waals surface area contributed by atoms with E-state index in [2.05, 4.69) is 30.5 Å². The Morgan fingerprint density at radius 2 is 1.93 bits per heavy atom. The molecule has 1 aromatic carbocycles. The first-order valence-electron chi connectivity index (χ1n) is 5.11. The smallest absolute Gasteiger partial charge is 0.0343 e. The summed E-state index contributed by atoms with van der Waals surface area (Å²) in [6, 6.07) is 12.5. The molecule has 0 aliphatic heterocycles. The molecule has 0 amide bonds. The van der Waals surface area contributed by atoms with E-state index in [0.29, 0.717) is 0 Å². The molecule has 2 N–H and O–H groups in total. The van der Waals surface area contributed by atoms with E-state index in [9.17, 15) is 0 Å². The van der Waals surface area contributed by atoms with E-state index in [1.54, 1.807) is 11.3 Å². The lowest BCUT2D eigenvalue weighted by molar-refractivity contribution is 0.728. The Bertz CT molecular complexity index is 419. The first kappa shape index (κ1) is 10.4. The van der Waals surface area contributed by atoms with Crippen LogP contribution in [0.4, 0.5) is 0 Å². The molecule has 0 spiro atoms. The second-order valence-corrected chi connectivity index (χ2v) is 4.75. The van der Waals surface area contributed by atoms with E-state index in [1.165, 1.54) is 16.0 Å². The van der Waals surface area contributed by atoms with Gasteiger partial charge in [-0.2, -0.15) is 0 Å². The predicted molar refractivity (Wildman–Crippen MR) is 66.1 cm³/mol. The zero-order valence-electron chi connectivity index (χ0n) is 8.81. The quantitative estimate of drug-likeness (QED) is 0.838. The lowest BCUT2D eigenvalue weighted by Crippen LogP contribution is -2.12. The van der Waals surface area contributed by atoms with Crippen molar-refractivity contribution in [3.05, 3.63) is 57.8 Å². The molecular weight excluding hydrogens is 202 g/mol. The Morgan fingerprint density at radius 3 is 2.53 bits per heavy atom. The Morgan fingerprint density at radius 1 is 1.20 bits per heavy atom. The molecule has 0 bridgehead atoms. The van der Waals surface area contributed by atoms with Gasteiger partial charge in [0.05, 0.1) is 0 Å². The summed E-state index contributed by atoms with van der Waals surface area (Å²) in [6.07, 6.45) is 0.938. The van der Waals surface area contributed by atoms with Crippen LogP contribution in [0.2, 0.25) is 0 Å². The van der Waals surface area contributed by atoms with Crippen molar-refractivity contribution in [1.82, 2.24) is 0 Å². The summed E-state index contributed by atoms with van der Waals surface area (Å²) < 4.78 is 0. The topological polar surface area (TPSA) is 26.0 Å². The van der Waals surface area contributed by atoms with E-state index in [0.717, 1.165) is 6.42 Å². The highest BCUT2D eigenvalue weighted by atomic mass is 32.1. The molecule has 1 nitrogen and oxygen atoms in total. The summed E-state index contributed by atoms with van der Waals surface area (Å²) in [4.78, 5) is 1.39. The minimum atomic E-state index is 0.114. The first-order valence-corrected chi connectivity index (χ1v) is 5.99. The van der Waals surface area contributed by atoms with Crippen LogP contribution in [0.1, 0.15) is 22.0 Å². The summed E-state index contributed by atoms with van der Waals surface area (Å²) in [6.45, 7) is 2.14. The number of hydrogen-bond acceptors (Lipinski definition) is 2. The summed E-state index contributed by atoms with van der Waals surface area (Å²) in [7, 11) is 0. The van der Waals surface area contributed by atoms with Crippen molar-refractivity contribution in [1.29, 1.82) is 0 Å². The first-order chi connectivity index (χ1) is 7.27. The van der Waals surface area contributed by atoms with Gasteiger partial charge in [-0.05, 0) is 29.5 Å². The lowest BCUT2D eigenvalue weighted by atomic mass is 10.0. The normalized spacial score (nSPS) is 12.7. The predicted octanol–water partition coefficient (Wildman–Crippen LogP) is 3.30. The van der Waals surface area contributed by atoms with E-state index in [-0.39, 0.29) is 6.04 Å². The summed E-state index contributed by atoms with van der Waals surface area (Å²) in [5.41, 5.74) is 8.73. The minimum absolute atomic E-state index is 0.114. The average molecular weight is 217 g/mol. The number of benzene rings is 1. The second kappa shape index (κ2) is 4.60. The van der Waals surface area contributed by atoms with E-state index in [4.69, 9.17) is 5.73 Å². The molecule has 0 saturated heterocycles. The standard InChI is InChI=1S/C13H15NS/c1-10-7-8-15-13(10)9-12(14)11-5-3-2-4-6-11/h2-8,12H,9,14H2,1H3. The monoisotopic (exact) mass is 217 g/mol. The van der Waals surface area contributed by atoms with Crippen molar-refractivity contribution in [3.63, 3.8) is 0 Å². The Balaban J connectivity index is 2.11. The van der Waals surface area contributed by atoms with E-state index < -0.39 is 0 Å². The van der Waals surface area contributed by atoms with Crippen LogP contribution in [-0.2, 0) is 6.42 Å². The highest BCUT2D eigenvalue weighted by molar-refractivity contribution is 7.10. The van der Waals surface area contributed by atoms with Gasteiger partial charge in [-0.15, -0.1) is 11.3 Å². The third kappa shape index (κ3) is 2.46. The van der Waals surface area contributed by atoms with Crippen molar-refractivity contribution in [3.8, 4) is 0 Å². The molecule has 1 aromatic heterocycles. The zero-order valence-corrected chi connectivity index (χ0v) is 9.63. The molecule has 1 unspecified atom stereocenters. The van der Waals surface area contributed by atoms with Gasteiger partial charge < -0.3 is 5.73 Å². The highest BCUT2D eigenvalue weighted by Gasteiger charge is 2.08. The molecule has 1 atom stereocenters. The zero-order chi connectivity index (χ0) is 10.7. The molecule has 0 aliphatic rings. The van der Waals surface area contributed by atoms with Crippen molar-refractivity contribution >= 4 is 11.3 Å². The lowest BCUT2D eigenvalue weighted by Gasteiger charge is -2.11. The third-order valence-corrected chi connectivity index (χ3v) is 3.65. The number of rotatable bonds is 3. The molecule has 15 heavy (non-hydrogen) atoms. The molecular formula is C13H15NS. The molecule has 0 fully saturated rings. The molecule has 78 valence electrons. The van der Waals surface area contributed by atoms with Gasteiger partial charge in [0.1, 0.15) is 0 Å². The minimum Gasteiger partial charge on any atom is -0.324 e. The Kier molecular flexibility index (Phi) is 3.19. The Hall–Kier alpha value is -1.12. The van der Waals surface area contributed by atoms with Crippen molar-refractivity contribution < 1.29 is 0 Å². The fourth-order valence-corrected chi connectivity index (χ4v) is 2.60. The van der Waals surface area contributed by atoms with Gasteiger partial charge in [0, 0.05) is 17.3 Å². The van der Waals surface area contributed by atoms with Gasteiger partial charge in [-0.25, -0.2) is 0 Å². The number of hydrogen-bond donors (Lipinski definition) is 1. The average Bonchev–Trinajstić information content (AvgIpc) is 2.66. The highest BCUT2D eigenvalue weighted by Crippen LogP contribution is 2.22. The van der Waals surface area contributed by atoms with Crippen LogP contribution in [0.3, 0.4) is 0 Å². The molecule has 0 saturated carbocycles. The summed E-state index contributed by atoms with van der Waals surface area (Å²) >= 11 is 1.79. The van der Waals surface area contributed by atoms with Crippen LogP contribution < -0.4 is 5.73 Å². The van der Waals surface area contributed by atoms with Crippen LogP contribution in [-0.4, -0.2) is 0 Å². The van der Waals surface area contributed by atoms with Crippen LogP contribution in [0.25, 0.3) is 0 Å². The second-order valence-electron chi connectivity index (χ2n) is 3.75. The maximum absolute atomic E-state index is 6.16. The van der Waals surface area contributed by atoms with Crippen molar-refractivity contribution in [2.75, 3.05) is 0 Å². The van der Waals surface area contributed by atoms with Crippen molar-refractivity contribution in [2.24, 2.45) is 5.73 Å². The van der Waals surface area contributed by atoms with Gasteiger partial charge in [0.2, 0.25) is 0 Å². The van der Waals surface area contributed by atoms with E-state index >= 15 is 0 Å². The molecule has 0 aliphatic carbocycles. The largest absolute Gasteiger partial charge is 0.324 e. The fraction of sp³-hybridized carbons (Fsp3) is 0.231. The number of thiophene rings is 1. The van der Waals surface area contributed by atoms with Crippen LogP contribution >= 0.6 is 11.3 Å². The molecule has 2 heteroatoms. The molecule has 2 aromatic rings. The van der Waals surface area contributed by atoms with Gasteiger partial charge >= 0.3 is 0 Å².